The fourth-order valence-electron chi connectivity index (χ4n) is 7.18. The van der Waals surface area contributed by atoms with Crippen LogP contribution in [-0.2, 0) is 0 Å². The highest BCUT2D eigenvalue weighted by Gasteiger charge is 2.20. The summed E-state index contributed by atoms with van der Waals surface area (Å²) in [7, 11) is 0. The minimum Gasteiger partial charge on any atom is -0.310 e. The first-order valence-corrected chi connectivity index (χ1v) is 16.9. The monoisotopic (exact) mass is 607 g/mol. The summed E-state index contributed by atoms with van der Waals surface area (Å²) >= 11 is 3.74. The van der Waals surface area contributed by atoms with Gasteiger partial charge in [0.1, 0.15) is 0 Å². The van der Waals surface area contributed by atoms with Crippen LogP contribution in [0, 0.1) is 0 Å². The van der Waals surface area contributed by atoms with E-state index in [1.165, 1.54) is 89.7 Å². The summed E-state index contributed by atoms with van der Waals surface area (Å²) in [5.41, 5.74) is 3.52. The van der Waals surface area contributed by atoms with Gasteiger partial charge in [-0.05, 0) is 69.4 Å². The molecule has 2 aromatic heterocycles. The molecule has 0 spiro atoms. The molecule has 45 heavy (non-hydrogen) atoms. The molecule has 0 aliphatic heterocycles. The van der Waals surface area contributed by atoms with Crippen molar-refractivity contribution in [2.24, 2.45) is 0 Å². The number of thiophene rings is 2. The Morgan fingerprint density at radius 2 is 0.822 bits per heavy atom. The van der Waals surface area contributed by atoms with Crippen LogP contribution in [0.4, 0.5) is 17.1 Å². The van der Waals surface area contributed by atoms with Crippen molar-refractivity contribution in [2.45, 2.75) is 0 Å². The minimum absolute atomic E-state index is 1.17. The Morgan fingerprint density at radius 3 is 1.47 bits per heavy atom. The van der Waals surface area contributed by atoms with Crippen molar-refractivity contribution in [3.8, 4) is 0 Å². The van der Waals surface area contributed by atoms with Gasteiger partial charge < -0.3 is 4.90 Å². The second-order valence-electron chi connectivity index (χ2n) is 11.7. The van der Waals surface area contributed by atoms with Gasteiger partial charge >= 0.3 is 0 Å². The molecule has 0 fully saturated rings. The number of rotatable bonds is 3. The molecule has 0 saturated carbocycles. The Bertz CT molecular complexity index is 2670. The highest BCUT2D eigenvalue weighted by atomic mass is 32.1. The van der Waals surface area contributed by atoms with Crippen LogP contribution >= 0.6 is 22.7 Å². The summed E-state index contributed by atoms with van der Waals surface area (Å²) in [4.78, 5) is 2.48. The molecule has 0 N–H and O–H groups in total. The van der Waals surface area contributed by atoms with Gasteiger partial charge in [-0.1, -0.05) is 109 Å². The summed E-state index contributed by atoms with van der Waals surface area (Å²) < 4.78 is 5.26. The zero-order valence-corrected chi connectivity index (χ0v) is 25.8. The van der Waals surface area contributed by atoms with Crippen LogP contribution < -0.4 is 4.90 Å². The number of benzene rings is 8. The molecular formula is C42H25NS2. The van der Waals surface area contributed by atoms with Gasteiger partial charge in [-0.15, -0.1) is 22.7 Å². The molecule has 0 radical (unpaired) electrons. The first kappa shape index (κ1) is 25.1. The van der Waals surface area contributed by atoms with Crippen LogP contribution in [0.2, 0.25) is 0 Å². The highest BCUT2D eigenvalue weighted by Crippen LogP contribution is 2.47. The predicted molar refractivity (Wildman–Crippen MR) is 199 cm³/mol. The lowest BCUT2D eigenvalue weighted by atomic mass is 9.94. The SMILES string of the molecule is c1ccc2c(c1)ccc1cc(N(c3ccc4c(c3)sc3ccccc34)c3ccc4c(c3)sc3ccccc34)c3ccccc3c12. The molecule has 8 aromatic carbocycles. The van der Waals surface area contributed by atoms with Gasteiger partial charge in [-0.25, -0.2) is 0 Å². The molecular weight excluding hydrogens is 583 g/mol. The van der Waals surface area contributed by atoms with E-state index in [1.54, 1.807) is 0 Å². The normalized spacial score (nSPS) is 12.0. The summed E-state index contributed by atoms with van der Waals surface area (Å²) in [5, 5.41) is 12.9. The summed E-state index contributed by atoms with van der Waals surface area (Å²) in [5.74, 6) is 0. The maximum absolute atomic E-state index is 2.48. The molecule has 10 rings (SSSR count). The lowest BCUT2D eigenvalue weighted by molar-refractivity contribution is 1.32. The van der Waals surface area contributed by atoms with Crippen molar-refractivity contribution in [3.05, 3.63) is 152 Å². The Morgan fingerprint density at radius 1 is 0.333 bits per heavy atom. The van der Waals surface area contributed by atoms with E-state index in [0.717, 1.165) is 0 Å². The third-order valence-electron chi connectivity index (χ3n) is 9.21. The topological polar surface area (TPSA) is 3.24 Å². The Hall–Kier alpha value is -5.22. The zero-order chi connectivity index (χ0) is 29.5. The van der Waals surface area contributed by atoms with E-state index in [0.29, 0.717) is 0 Å². The molecule has 0 saturated heterocycles. The third kappa shape index (κ3) is 3.78. The van der Waals surface area contributed by atoms with Crippen molar-refractivity contribution in [3.63, 3.8) is 0 Å². The Balaban J connectivity index is 1.29. The van der Waals surface area contributed by atoms with E-state index < -0.39 is 0 Å². The van der Waals surface area contributed by atoms with E-state index in [2.05, 4.69) is 157 Å². The first-order valence-electron chi connectivity index (χ1n) is 15.3. The third-order valence-corrected chi connectivity index (χ3v) is 11.5. The maximum Gasteiger partial charge on any atom is 0.0546 e. The lowest BCUT2D eigenvalue weighted by Gasteiger charge is -2.28. The molecule has 0 bridgehead atoms. The van der Waals surface area contributed by atoms with Crippen LogP contribution in [0.5, 0.6) is 0 Å². The van der Waals surface area contributed by atoms with Crippen molar-refractivity contribution < 1.29 is 0 Å². The van der Waals surface area contributed by atoms with Crippen molar-refractivity contribution >= 4 is 112 Å². The highest BCUT2D eigenvalue weighted by molar-refractivity contribution is 7.26. The number of nitrogens with zero attached hydrogens (tertiary/aromatic N) is 1. The minimum atomic E-state index is 1.17. The fraction of sp³-hybridized carbons (Fsp3) is 0. The Labute approximate surface area is 267 Å². The van der Waals surface area contributed by atoms with Crippen molar-refractivity contribution in [1.29, 1.82) is 0 Å². The van der Waals surface area contributed by atoms with Crippen LogP contribution in [0.15, 0.2) is 152 Å². The lowest BCUT2D eigenvalue weighted by Crippen LogP contribution is -2.10. The quantitative estimate of drug-likeness (QED) is 0.181. The Kier molecular flexibility index (Phi) is 5.39. The molecule has 10 aromatic rings. The first-order chi connectivity index (χ1) is 22.3. The fourth-order valence-corrected chi connectivity index (χ4v) is 9.46. The summed E-state index contributed by atoms with van der Waals surface area (Å²) in [6.07, 6.45) is 0. The second kappa shape index (κ2) is 9.64. The predicted octanol–water partition coefficient (Wildman–Crippen LogP) is 13.4. The molecule has 1 nitrogen and oxygen atoms in total. The number of anilines is 3. The largest absolute Gasteiger partial charge is 0.310 e. The summed E-state index contributed by atoms with van der Waals surface area (Å²) in [6.45, 7) is 0. The standard InChI is InChI=1S/C42H25NS2/c1-2-10-30-26(9-1)17-18-27-23-37(31-11-3-4-14-36(31)42(27)30)43(28-19-21-34-32-12-5-7-15-38(32)44-40(34)24-28)29-20-22-35-33-13-6-8-16-39(33)45-41(35)25-29/h1-25H. The van der Waals surface area contributed by atoms with Gasteiger partial charge in [0.25, 0.3) is 0 Å². The number of hydrogen-bond acceptors (Lipinski definition) is 3. The molecule has 0 unspecified atom stereocenters. The molecule has 0 aliphatic rings. The average molecular weight is 608 g/mol. The molecule has 0 amide bonds. The molecule has 3 heteroatoms. The van der Waals surface area contributed by atoms with Gasteiger partial charge in [0.15, 0.2) is 0 Å². The number of hydrogen-bond donors (Lipinski definition) is 0. The smallest absolute Gasteiger partial charge is 0.0546 e. The van der Waals surface area contributed by atoms with Gasteiger partial charge in [0, 0.05) is 57.1 Å². The second-order valence-corrected chi connectivity index (χ2v) is 13.9. The zero-order valence-electron chi connectivity index (χ0n) is 24.2. The van der Waals surface area contributed by atoms with Gasteiger partial charge in [-0.2, -0.15) is 0 Å². The van der Waals surface area contributed by atoms with E-state index >= 15 is 0 Å². The summed E-state index contributed by atoms with van der Waals surface area (Å²) in [6, 6.07) is 56.1. The van der Waals surface area contributed by atoms with E-state index in [9.17, 15) is 0 Å². The van der Waals surface area contributed by atoms with Crippen LogP contribution in [0.1, 0.15) is 0 Å². The van der Waals surface area contributed by atoms with Gasteiger partial charge in [0.2, 0.25) is 0 Å². The molecule has 210 valence electrons. The van der Waals surface area contributed by atoms with Gasteiger partial charge in [0.05, 0.1) is 5.69 Å². The molecule has 2 heterocycles. The van der Waals surface area contributed by atoms with Crippen LogP contribution in [-0.4, -0.2) is 0 Å². The average Bonchev–Trinajstić information content (AvgIpc) is 3.66. The van der Waals surface area contributed by atoms with E-state index in [4.69, 9.17) is 0 Å². The van der Waals surface area contributed by atoms with Crippen molar-refractivity contribution in [1.82, 2.24) is 0 Å². The van der Waals surface area contributed by atoms with E-state index in [1.807, 2.05) is 22.7 Å². The van der Waals surface area contributed by atoms with Crippen molar-refractivity contribution in [2.75, 3.05) is 4.90 Å². The van der Waals surface area contributed by atoms with E-state index in [-0.39, 0.29) is 0 Å². The number of fused-ring (bicyclic) bond motifs is 11. The maximum atomic E-state index is 2.48. The molecule has 0 aliphatic carbocycles. The van der Waals surface area contributed by atoms with Gasteiger partial charge in [-0.3, -0.25) is 0 Å². The molecule has 0 atom stereocenters. The van der Waals surface area contributed by atoms with Crippen LogP contribution in [0.3, 0.4) is 0 Å². The van der Waals surface area contributed by atoms with Crippen LogP contribution in [0.25, 0.3) is 72.7 Å².